The smallest absolute Gasteiger partial charge is 0.416 e. The first-order chi connectivity index (χ1) is 16.9. The predicted octanol–water partition coefficient (Wildman–Crippen LogP) is 6.80. The third-order valence-electron chi connectivity index (χ3n) is 5.54. The maximum Gasteiger partial charge on any atom is 0.416 e. The number of hydrogen-bond acceptors (Lipinski definition) is 3. The summed E-state index contributed by atoms with van der Waals surface area (Å²) in [6.45, 7) is 1.85. The summed E-state index contributed by atoms with van der Waals surface area (Å²) in [7, 11) is 1.50. The van der Waals surface area contributed by atoms with Gasteiger partial charge in [0.2, 0.25) is 0 Å². The van der Waals surface area contributed by atoms with Crippen molar-refractivity contribution in [3.8, 4) is 11.4 Å². The van der Waals surface area contributed by atoms with Crippen LogP contribution in [0.1, 0.15) is 39.3 Å². The predicted molar refractivity (Wildman–Crippen MR) is 121 cm³/mol. The molecule has 0 aliphatic carbocycles. The van der Waals surface area contributed by atoms with Gasteiger partial charge in [-0.2, -0.15) is 26.3 Å². The van der Waals surface area contributed by atoms with Crippen LogP contribution in [-0.4, -0.2) is 21.6 Å². The van der Waals surface area contributed by atoms with Crippen LogP contribution in [0.3, 0.4) is 0 Å². The number of ether oxygens (including phenoxy) is 1. The molecule has 0 atom stereocenters. The van der Waals surface area contributed by atoms with Crippen LogP contribution in [0, 0.1) is 6.92 Å². The van der Waals surface area contributed by atoms with Gasteiger partial charge >= 0.3 is 12.4 Å². The van der Waals surface area contributed by atoms with Gasteiger partial charge in [0.05, 0.1) is 35.9 Å². The lowest BCUT2D eigenvalue weighted by atomic mass is 10.0. The van der Waals surface area contributed by atoms with Crippen LogP contribution in [0.15, 0.2) is 67.1 Å². The molecule has 188 valence electrons. The summed E-state index contributed by atoms with van der Waals surface area (Å²) in [6.07, 6.45) is -5.59. The second-order valence-electron chi connectivity index (χ2n) is 8.31. The summed E-state index contributed by atoms with van der Waals surface area (Å²) in [5.74, 6) is 0.516. The maximum atomic E-state index is 13.6. The number of aryl methyl sites for hydroxylation is 1. The van der Waals surface area contributed by atoms with Crippen molar-refractivity contribution < 1.29 is 31.1 Å². The van der Waals surface area contributed by atoms with E-state index in [1.54, 1.807) is 29.1 Å². The first kappa shape index (κ1) is 25.3. The Morgan fingerprint density at radius 3 is 1.89 bits per heavy atom. The van der Waals surface area contributed by atoms with E-state index >= 15 is 0 Å². The number of nitrogens with zero attached hydrogens (tertiary/aromatic N) is 3. The molecule has 0 spiro atoms. The Bertz CT molecular complexity index is 1360. The van der Waals surface area contributed by atoms with Gasteiger partial charge in [0.15, 0.2) is 0 Å². The zero-order valence-electron chi connectivity index (χ0n) is 19.3. The molecular formula is C26H21F6N3O. The number of methoxy groups -OCH3 is 1. The number of hydrogen-bond donors (Lipinski definition) is 0. The van der Waals surface area contributed by atoms with Gasteiger partial charge in [-0.25, -0.2) is 4.98 Å². The molecule has 0 fully saturated rings. The van der Waals surface area contributed by atoms with E-state index in [-0.39, 0.29) is 24.2 Å². The minimum atomic E-state index is -4.60. The van der Waals surface area contributed by atoms with Crippen molar-refractivity contribution in [3.63, 3.8) is 0 Å². The minimum absolute atomic E-state index is 0.0443. The monoisotopic (exact) mass is 505 g/mol. The summed E-state index contributed by atoms with van der Waals surface area (Å²) in [5.41, 5.74) is 1.23. The molecule has 4 rings (SSSR count). The number of imidazole rings is 1. The van der Waals surface area contributed by atoms with Gasteiger partial charge in [-0.15, -0.1) is 0 Å². The standard InChI is InChI=1S/C26H21F6N3O/c1-16-14-35(15-33-16)23-8-5-18(11-24(23)36-2)10-22-13-20(26(30,31)32)12-21(34-22)9-17-3-6-19(7-4-17)25(27,28)29/h3-8,11-15H,9-10H2,1-2H3. The molecule has 4 aromatic rings. The highest BCUT2D eigenvalue weighted by molar-refractivity contribution is 5.50. The van der Waals surface area contributed by atoms with Crippen LogP contribution in [-0.2, 0) is 25.2 Å². The van der Waals surface area contributed by atoms with E-state index in [0.717, 1.165) is 35.6 Å². The van der Waals surface area contributed by atoms with Crippen LogP contribution in [0.4, 0.5) is 26.3 Å². The zero-order chi connectivity index (χ0) is 26.1. The van der Waals surface area contributed by atoms with Crippen molar-refractivity contribution in [2.45, 2.75) is 32.1 Å². The molecule has 10 heteroatoms. The van der Waals surface area contributed by atoms with E-state index in [0.29, 0.717) is 16.9 Å². The van der Waals surface area contributed by atoms with Crippen LogP contribution >= 0.6 is 0 Å². The van der Waals surface area contributed by atoms with Crippen LogP contribution in [0.5, 0.6) is 5.75 Å². The summed E-state index contributed by atoms with van der Waals surface area (Å²) >= 11 is 0. The van der Waals surface area contributed by atoms with E-state index in [2.05, 4.69) is 9.97 Å². The van der Waals surface area contributed by atoms with E-state index in [9.17, 15) is 26.3 Å². The molecule has 0 unspecified atom stereocenters. The SMILES string of the molecule is COc1cc(Cc2cc(C(F)(F)F)cc(Cc3ccc(C(F)(F)F)cc3)n2)ccc1-n1cnc(C)c1. The molecule has 0 bridgehead atoms. The Balaban J connectivity index is 1.63. The fourth-order valence-corrected chi connectivity index (χ4v) is 3.82. The highest BCUT2D eigenvalue weighted by Gasteiger charge is 2.32. The number of halogens is 6. The summed E-state index contributed by atoms with van der Waals surface area (Å²) in [5, 5.41) is 0. The molecule has 0 radical (unpaired) electrons. The number of aromatic nitrogens is 3. The molecular weight excluding hydrogens is 484 g/mol. The first-order valence-electron chi connectivity index (χ1n) is 10.8. The normalized spacial score (nSPS) is 12.1. The quantitative estimate of drug-likeness (QED) is 0.271. The Morgan fingerprint density at radius 2 is 1.36 bits per heavy atom. The maximum absolute atomic E-state index is 13.6. The third kappa shape index (κ3) is 5.87. The molecule has 2 aromatic heterocycles. The van der Waals surface area contributed by atoms with Gasteiger partial charge < -0.3 is 9.30 Å². The lowest BCUT2D eigenvalue weighted by molar-refractivity contribution is -0.138. The fraction of sp³-hybridized carbons (Fsp3) is 0.231. The highest BCUT2D eigenvalue weighted by atomic mass is 19.4. The summed E-state index contributed by atoms with van der Waals surface area (Å²) in [4.78, 5) is 8.56. The van der Waals surface area contributed by atoms with Crippen molar-refractivity contribution in [1.29, 1.82) is 0 Å². The molecule has 0 amide bonds. The Labute approximate surface area is 203 Å². The van der Waals surface area contributed by atoms with Gasteiger partial charge in [0, 0.05) is 30.4 Å². The largest absolute Gasteiger partial charge is 0.495 e. The van der Waals surface area contributed by atoms with Crippen LogP contribution in [0.2, 0.25) is 0 Å². The lowest BCUT2D eigenvalue weighted by Gasteiger charge is -2.14. The van der Waals surface area contributed by atoms with E-state index < -0.39 is 23.5 Å². The molecule has 36 heavy (non-hydrogen) atoms. The van der Waals surface area contributed by atoms with Crippen molar-refractivity contribution >= 4 is 0 Å². The van der Waals surface area contributed by atoms with Crippen LogP contribution < -0.4 is 4.74 Å². The molecule has 0 saturated heterocycles. The van der Waals surface area contributed by atoms with Crippen molar-refractivity contribution in [1.82, 2.24) is 14.5 Å². The minimum Gasteiger partial charge on any atom is -0.495 e. The van der Waals surface area contributed by atoms with E-state index in [1.807, 2.05) is 13.1 Å². The Morgan fingerprint density at radius 1 is 0.778 bits per heavy atom. The zero-order valence-corrected chi connectivity index (χ0v) is 19.3. The number of alkyl halides is 6. The molecule has 4 nitrogen and oxygen atoms in total. The second kappa shape index (κ2) is 9.67. The van der Waals surface area contributed by atoms with Crippen molar-refractivity contribution in [2.75, 3.05) is 7.11 Å². The average molecular weight is 505 g/mol. The van der Waals surface area contributed by atoms with Gasteiger partial charge in [-0.05, 0) is 54.4 Å². The number of benzene rings is 2. The van der Waals surface area contributed by atoms with Crippen LogP contribution in [0.25, 0.3) is 5.69 Å². The average Bonchev–Trinajstić information content (AvgIpc) is 3.24. The van der Waals surface area contributed by atoms with Gasteiger partial charge in [-0.1, -0.05) is 18.2 Å². The molecule has 2 aromatic carbocycles. The summed E-state index contributed by atoms with van der Waals surface area (Å²) < 4.78 is 86.5. The number of pyridine rings is 1. The molecule has 0 aliphatic heterocycles. The lowest BCUT2D eigenvalue weighted by Crippen LogP contribution is -2.10. The fourth-order valence-electron chi connectivity index (χ4n) is 3.82. The van der Waals surface area contributed by atoms with Crippen molar-refractivity contribution in [3.05, 3.63) is 106 Å². The van der Waals surface area contributed by atoms with Gasteiger partial charge in [0.25, 0.3) is 0 Å². The Kier molecular flexibility index (Phi) is 6.79. The third-order valence-corrected chi connectivity index (χ3v) is 5.54. The number of rotatable bonds is 6. The van der Waals surface area contributed by atoms with E-state index in [1.165, 1.54) is 19.2 Å². The first-order valence-corrected chi connectivity index (χ1v) is 10.8. The molecule has 0 N–H and O–H groups in total. The summed E-state index contributed by atoms with van der Waals surface area (Å²) in [6, 6.07) is 11.5. The van der Waals surface area contributed by atoms with Gasteiger partial charge in [-0.3, -0.25) is 4.98 Å². The van der Waals surface area contributed by atoms with Crippen molar-refractivity contribution in [2.24, 2.45) is 0 Å². The Hall–Kier alpha value is -3.82. The van der Waals surface area contributed by atoms with E-state index in [4.69, 9.17) is 4.74 Å². The molecule has 2 heterocycles. The highest BCUT2D eigenvalue weighted by Crippen LogP contribution is 2.32. The second-order valence-corrected chi connectivity index (χ2v) is 8.31. The van der Waals surface area contributed by atoms with Gasteiger partial charge in [0.1, 0.15) is 5.75 Å². The molecule has 0 saturated carbocycles. The molecule has 0 aliphatic rings. The topological polar surface area (TPSA) is 39.9 Å².